The van der Waals surface area contributed by atoms with Gasteiger partial charge in [-0.15, -0.1) is 0 Å². The number of hydrogen-bond donors (Lipinski definition) is 1. The first-order chi connectivity index (χ1) is 7.33. The predicted molar refractivity (Wildman–Crippen MR) is 54.0 cm³/mol. The number of imidazole rings is 1. The van der Waals surface area contributed by atoms with Crippen LogP contribution >= 0.6 is 0 Å². The second kappa shape index (κ2) is 3.05. The van der Waals surface area contributed by atoms with E-state index >= 15 is 0 Å². The van der Waals surface area contributed by atoms with Crippen molar-refractivity contribution in [1.82, 2.24) is 19.5 Å². The Bertz CT molecular complexity index is 525. The van der Waals surface area contributed by atoms with E-state index < -0.39 is 0 Å². The zero-order valence-electron chi connectivity index (χ0n) is 8.05. The molecular formula is C10H10N4O. The third-order valence-corrected chi connectivity index (χ3v) is 2.48. The fourth-order valence-corrected chi connectivity index (χ4v) is 1.54. The molecule has 0 saturated heterocycles. The molecule has 1 fully saturated rings. The van der Waals surface area contributed by atoms with Crippen molar-refractivity contribution in [3.63, 3.8) is 0 Å². The second-order valence-corrected chi connectivity index (χ2v) is 3.73. The molecule has 0 atom stereocenters. The highest BCUT2D eigenvalue weighted by Gasteiger charge is 2.26. The Kier molecular flexibility index (Phi) is 1.71. The standard InChI is InChI=1S/C10H10N4O/c15-9-5-8(14-4-3-11-6-14)12-10(13-9)7-1-2-7/h3-7H,1-2H2,(H,12,13,15). The lowest BCUT2D eigenvalue weighted by molar-refractivity contribution is 0.863. The van der Waals surface area contributed by atoms with Crippen molar-refractivity contribution in [2.75, 3.05) is 0 Å². The van der Waals surface area contributed by atoms with Gasteiger partial charge in [0.1, 0.15) is 18.0 Å². The Balaban J connectivity index is 2.11. The van der Waals surface area contributed by atoms with Gasteiger partial charge in [-0.05, 0) is 12.8 Å². The molecule has 1 saturated carbocycles. The molecule has 15 heavy (non-hydrogen) atoms. The lowest BCUT2D eigenvalue weighted by atomic mass is 10.4. The Morgan fingerprint density at radius 1 is 1.47 bits per heavy atom. The molecule has 1 aliphatic carbocycles. The largest absolute Gasteiger partial charge is 0.310 e. The highest BCUT2D eigenvalue weighted by Crippen LogP contribution is 2.37. The fourth-order valence-electron chi connectivity index (χ4n) is 1.54. The van der Waals surface area contributed by atoms with Crippen LogP contribution in [0.5, 0.6) is 0 Å². The van der Waals surface area contributed by atoms with Gasteiger partial charge in [-0.3, -0.25) is 9.36 Å². The van der Waals surface area contributed by atoms with E-state index in [1.807, 2.05) is 0 Å². The molecule has 5 nitrogen and oxygen atoms in total. The van der Waals surface area contributed by atoms with Gasteiger partial charge in [-0.2, -0.15) is 0 Å². The Hall–Kier alpha value is -1.91. The molecular weight excluding hydrogens is 192 g/mol. The summed E-state index contributed by atoms with van der Waals surface area (Å²) in [4.78, 5) is 22.5. The van der Waals surface area contributed by atoms with Gasteiger partial charge in [-0.1, -0.05) is 0 Å². The molecule has 0 unspecified atom stereocenters. The van der Waals surface area contributed by atoms with Crippen molar-refractivity contribution in [1.29, 1.82) is 0 Å². The van der Waals surface area contributed by atoms with Gasteiger partial charge in [-0.25, -0.2) is 9.97 Å². The minimum Gasteiger partial charge on any atom is -0.310 e. The van der Waals surface area contributed by atoms with E-state index in [1.165, 1.54) is 6.07 Å². The number of aromatic nitrogens is 4. The number of hydrogen-bond acceptors (Lipinski definition) is 3. The van der Waals surface area contributed by atoms with Crippen molar-refractivity contribution in [2.24, 2.45) is 0 Å². The molecule has 5 heteroatoms. The van der Waals surface area contributed by atoms with E-state index in [-0.39, 0.29) is 5.56 Å². The zero-order chi connectivity index (χ0) is 10.3. The molecule has 0 aliphatic heterocycles. The van der Waals surface area contributed by atoms with E-state index in [0.717, 1.165) is 18.7 Å². The zero-order valence-corrected chi connectivity index (χ0v) is 8.05. The summed E-state index contributed by atoms with van der Waals surface area (Å²) < 4.78 is 1.74. The summed E-state index contributed by atoms with van der Waals surface area (Å²) in [6.07, 6.45) is 7.32. The summed E-state index contributed by atoms with van der Waals surface area (Å²) >= 11 is 0. The minimum absolute atomic E-state index is 0.101. The van der Waals surface area contributed by atoms with Crippen molar-refractivity contribution >= 4 is 0 Å². The van der Waals surface area contributed by atoms with Crippen molar-refractivity contribution in [2.45, 2.75) is 18.8 Å². The molecule has 76 valence electrons. The minimum atomic E-state index is -0.101. The van der Waals surface area contributed by atoms with Crippen LogP contribution in [0.3, 0.4) is 0 Å². The molecule has 2 aromatic heterocycles. The van der Waals surface area contributed by atoms with E-state index in [4.69, 9.17) is 0 Å². The van der Waals surface area contributed by atoms with Crippen LogP contribution in [-0.4, -0.2) is 19.5 Å². The van der Waals surface area contributed by atoms with Crippen LogP contribution in [0.2, 0.25) is 0 Å². The highest BCUT2D eigenvalue weighted by molar-refractivity contribution is 5.22. The molecule has 3 rings (SSSR count). The number of nitrogens with one attached hydrogen (secondary N) is 1. The topological polar surface area (TPSA) is 63.6 Å². The third kappa shape index (κ3) is 1.56. The van der Waals surface area contributed by atoms with Crippen molar-refractivity contribution < 1.29 is 0 Å². The fraction of sp³-hybridized carbons (Fsp3) is 0.300. The van der Waals surface area contributed by atoms with Crippen LogP contribution in [0.1, 0.15) is 24.6 Å². The number of aromatic amines is 1. The van der Waals surface area contributed by atoms with Crippen LogP contribution in [0.4, 0.5) is 0 Å². The molecule has 1 N–H and O–H groups in total. The van der Waals surface area contributed by atoms with Crippen molar-refractivity contribution in [3.05, 3.63) is 41.0 Å². The molecule has 0 bridgehead atoms. The lowest BCUT2D eigenvalue weighted by Gasteiger charge is -2.02. The van der Waals surface area contributed by atoms with E-state index in [1.54, 1.807) is 23.3 Å². The summed E-state index contributed by atoms with van der Waals surface area (Å²) in [6, 6.07) is 1.48. The summed E-state index contributed by atoms with van der Waals surface area (Å²) in [7, 11) is 0. The molecule has 2 heterocycles. The van der Waals surface area contributed by atoms with Gasteiger partial charge in [0.2, 0.25) is 0 Å². The van der Waals surface area contributed by atoms with Crippen molar-refractivity contribution in [3.8, 4) is 5.82 Å². The maximum atomic E-state index is 11.4. The summed E-state index contributed by atoms with van der Waals surface area (Å²) in [5.41, 5.74) is -0.101. The quantitative estimate of drug-likeness (QED) is 0.784. The molecule has 0 amide bonds. The third-order valence-electron chi connectivity index (χ3n) is 2.48. The van der Waals surface area contributed by atoms with E-state index in [0.29, 0.717) is 11.7 Å². The molecule has 1 aliphatic rings. The first-order valence-corrected chi connectivity index (χ1v) is 4.92. The van der Waals surface area contributed by atoms with E-state index in [2.05, 4.69) is 15.0 Å². The molecule has 0 aromatic carbocycles. The predicted octanol–water partition coefficient (Wildman–Crippen LogP) is 0.833. The van der Waals surface area contributed by atoms with Gasteiger partial charge in [0.05, 0.1) is 0 Å². The molecule has 2 aromatic rings. The Morgan fingerprint density at radius 2 is 2.33 bits per heavy atom. The number of nitrogens with zero attached hydrogens (tertiary/aromatic N) is 3. The first-order valence-electron chi connectivity index (χ1n) is 4.92. The number of rotatable bonds is 2. The van der Waals surface area contributed by atoms with Gasteiger partial charge in [0, 0.05) is 24.4 Å². The van der Waals surface area contributed by atoms with Crippen LogP contribution in [-0.2, 0) is 0 Å². The van der Waals surface area contributed by atoms with Crippen LogP contribution in [0.25, 0.3) is 5.82 Å². The maximum Gasteiger partial charge on any atom is 0.253 e. The summed E-state index contributed by atoms with van der Waals surface area (Å²) in [6.45, 7) is 0. The van der Waals surface area contributed by atoms with Gasteiger partial charge >= 0.3 is 0 Å². The average Bonchev–Trinajstić information content (AvgIpc) is 2.93. The van der Waals surface area contributed by atoms with Gasteiger partial charge in [0.25, 0.3) is 5.56 Å². The average molecular weight is 202 g/mol. The van der Waals surface area contributed by atoms with Gasteiger partial charge in [0.15, 0.2) is 0 Å². The smallest absolute Gasteiger partial charge is 0.253 e. The van der Waals surface area contributed by atoms with E-state index in [9.17, 15) is 4.79 Å². The van der Waals surface area contributed by atoms with Crippen LogP contribution in [0.15, 0.2) is 29.6 Å². The highest BCUT2D eigenvalue weighted by atomic mass is 16.1. The maximum absolute atomic E-state index is 11.4. The summed E-state index contributed by atoms with van der Waals surface area (Å²) in [5, 5.41) is 0. The first kappa shape index (κ1) is 8.40. The summed E-state index contributed by atoms with van der Waals surface area (Å²) in [5.74, 6) is 1.88. The molecule has 0 radical (unpaired) electrons. The molecule has 0 spiro atoms. The lowest BCUT2D eigenvalue weighted by Crippen LogP contribution is -2.12. The SMILES string of the molecule is O=c1cc(-n2ccnc2)nc(C2CC2)[nH]1. The second-order valence-electron chi connectivity index (χ2n) is 3.73. The van der Waals surface area contributed by atoms with Gasteiger partial charge < -0.3 is 4.98 Å². The number of H-pyrrole nitrogens is 1. The monoisotopic (exact) mass is 202 g/mol. The van der Waals surface area contributed by atoms with Crippen LogP contribution in [0, 0.1) is 0 Å². The Labute approximate surface area is 85.8 Å². The normalized spacial score (nSPS) is 15.5. The van der Waals surface area contributed by atoms with Crippen LogP contribution < -0.4 is 5.56 Å². The Morgan fingerprint density at radius 3 is 3.00 bits per heavy atom.